The van der Waals surface area contributed by atoms with Crippen LogP contribution in [-0.4, -0.2) is 18.1 Å². The third-order valence-electron chi connectivity index (χ3n) is 2.31. The van der Waals surface area contributed by atoms with Crippen LogP contribution in [0.25, 0.3) is 10.8 Å². The Morgan fingerprint density at radius 1 is 1.18 bits per heavy atom. The average Bonchev–Trinajstić information content (AvgIpc) is 2.27. The second-order valence-electron chi connectivity index (χ2n) is 3.36. The monoisotopic (exact) mass is 253 g/mol. The van der Waals surface area contributed by atoms with E-state index in [-0.39, 0.29) is 5.39 Å². The summed E-state index contributed by atoms with van der Waals surface area (Å²) >= 11 is 0. The molecular weight excluding hydrogens is 246 g/mol. The number of benzene rings is 2. The van der Waals surface area contributed by atoms with Crippen molar-refractivity contribution in [1.29, 1.82) is 0 Å². The number of phenols is 1. The van der Waals surface area contributed by atoms with Crippen molar-refractivity contribution in [2.24, 2.45) is 5.18 Å². The first-order valence-corrected chi connectivity index (χ1v) is 5.94. The molecule has 0 unspecified atom stereocenters. The molecule has 0 saturated carbocycles. The Morgan fingerprint density at radius 2 is 1.82 bits per heavy atom. The summed E-state index contributed by atoms with van der Waals surface area (Å²) in [6.07, 6.45) is 0. The minimum Gasteiger partial charge on any atom is -0.506 e. The van der Waals surface area contributed by atoms with E-state index >= 15 is 0 Å². The van der Waals surface area contributed by atoms with Gasteiger partial charge in [-0.15, -0.1) is 4.91 Å². The van der Waals surface area contributed by atoms with Crippen LogP contribution in [0, 0.1) is 4.91 Å². The van der Waals surface area contributed by atoms with Crippen LogP contribution >= 0.6 is 0 Å². The van der Waals surface area contributed by atoms with Crippen LogP contribution in [0.5, 0.6) is 5.75 Å². The van der Waals surface area contributed by atoms with Gasteiger partial charge >= 0.3 is 10.1 Å². The van der Waals surface area contributed by atoms with E-state index in [2.05, 4.69) is 5.18 Å². The minimum absolute atomic E-state index is 0.215. The van der Waals surface area contributed by atoms with Crippen molar-refractivity contribution in [1.82, 2.24) is 0 Å². The number of nitroso groups, excluding NO2 is 1. The fourth-order valence-electron chi connectivity index (χ4n) is 1.62. The molecule has 2 aromatic carbocycles. The molecule has 0 radical (unpaired) electrons. The lowest BCUT2D eigenvalue weighted by Gasteiger charge is -2.07. The normalized spacial score (nSPS) is 11.6. The molecule has 0 saturated heterocycles. The van der Waals surface area contributed by atoms with Crippen LogP contribution in [0.15, 0.2) is 40.4 Å². The molecule has 0 aliphatic carbocycles. The minimum atomic E-state index is -4.71. The maximum Gasteiger partial charge on any atom is 0.300 e. The highest BCUT2D eigenvalue weighted by Crippen LogP contribution is 2.39. The van der Waals surface area contributed by atoms with Gasteiger partial charge in [-0.3, -0.25) is 4.55 Å². The number of hydrogen-bond donors (Lipinski definition) is 2. The summed E-state index contributed by atoms with van der Waals surface area (Å²) in [6, 6.07) is 7.48. The van der Waals surface area contributed by atoms with Gasteiger partial charge in [-0.1, -0.05) is 24.3 Å². The Hall–Kier alpha value is -1.99. The van der Waals surface area contributed by atoms with E-state index in [1.54, 1.807) is 18.2 Å². The molecule has 2 aromatic rings. The highest BCUT2D eigenvalue weighted by atomic mass is 32.2. The molecular formula is C10H7NO5S. The lowest BCUT2D eigenvalue weighted by molar-refractivity contribution is 0.448. The van der Waals surface area contributed by atoms with Crippen LogP contribution in [0.3, 0.4) is 0 Å². The van der Waals surface area contributed by atoms with Crippen molar-refractivity contribution in [2.45, 2.75) is 4.90 Å². The molecule has 0 aliphatic heterocycles. The average molecular weight is 253 g/mol. The molecule has 0 aromatic heterocycles. The highest BCUT2D eigenvalue weighted by Gasteiger charge is 2.23. The predicted octanol–water partition coefficient (Wildman–Crippen LogP) is 2.19. The van der Waals surface area contributed by atoms with Gasteiger partial charge in [0.15, 0.2) is 4.90 Å². The van der Waals surface area contributed by atoms with Gasteiger partial charge in [-0.25, -0.2) is 0 Å². The molecule has 0 heterocycles. The van der Waals surface area contributed by atoms with Crippen molar-refractivity contribution in [3.8, 4) is 5.75 Å². The molecule has 0 fully saturated rings. The molecule has 2 rings (SSSR count). The van der Waals surface area contributed by atoms with Gasteiger partial charge in [0.1, 0.15) is 11.4 Å². The molecule has 6 nitrogen and oxygen atoms in total. The van der Waals surface area contributed by atoms with Crippen molar-refractivity contribution in [3.05, 3.63) is 35.2 Å². The summed E-state index contributed by atoms with van der Waals surface area (Å²) in [5.41, 5.74) is -0.524. The molecule has 0 amide bonds. The van der Waals surface area contributed by atoms with E-state index in [1.165, 1.54) is 12.1 Å². The predicted molar refractivity (Wildman–Crippen MR) is 60.9 cm³/mol. The molecule has 7 heteroatoms. The Balaban J connectivity index is 3.01. The summed E-state index contributed by atoms with van der Waals surface area (Å²) in [7, 11) is -4.71. The zero-order valence-corrected chi connectivity index (χ0v) is 9.18. The summed E-state index contributed by atoms with van der Waals surface area (Å²) in [5.74, 6) is -0.680. The quantitative estimate of drug-likeness (QED) is 0.630. The smallest absolute Gasteiger partial charge is 0.300 e. The molecule has 0 aliphatic rings. The lowest BCUT2D eigenvalue weighted by atomic mass is 10.1. The van der Waals surface area contributed by atoms with Crippen LogP contribution in [0.2, 0.25) is 0 Å². The Labute approximate surface area is 96.2 Å². The van der Waals surface area contributed by atoms with Crippen LogP contribution in [0.4, 0.5) is 5.69 Å². The maximum atomic E-state index is 11.1. The lowest BCUT2D eigenvalue weighted by Crippen LogP contribution is -1.99. The number of fused-ring (bicyclic) bond motifs is 1. The second kappa shape index (κ2) is 3.79. The van der Waals surface area contributed by atoms with Gasteiger partial charge in [0.25, 0.3) is 0 Å². The van der Waals surface area contributed by atoms with E-state index in [0.717, 1.165) is 0 Å². The molecule has 0 spiro atoms. The highest BCUT2D eigenvalue weighted by molar-refractivity contribution is 7.86. The molecule has 0 atom stereocenters. The first-order chi connectivity index (χ1) is 7.95. The Bertz CT molecular complexity index is 708. The first kappa shape index (κ1) is 11.5. The summed E-state index contributed by atoms with van der Waals surface area (Å²) in [5, 5.41) is 12.9. The van der Waals surface area contributed by atoms with E-state index in [9.17, 15) is 18.4 Å². The summed E-state index contributed by atoms with van der Waals surface area (Å²) < 4.78 is 31.1. The van der Waals surface area contributed by atoms with Crippen LogP contribution in [0.1, 0.15) is 0 Å². The van der Waals surface area contributed by atoms with Crippen molar-refractivity contribution in [3.63, 3.8) is 0 Å². The van der Waals surface area contributed by atoms with Gasteiger partial charge in [0.05, 0.1) is 0 Å². The third kappa shape index (κ3) is 1.85. The molecule has 88 valence electrons. The largest absolute Gasteiger partial charge is 0.506 e. The Kier molecular flexibility index (Phi) is 2.56. The van der Waals surface area contributed by atoms with Crippen molar-refractivity contribution < 1.29 is 18.1 Å². The maximum absolute atomic E-state index is 11.1. The number of nitrogens with zero attached hydrogens (tertiary/aromatic N) is 1. The number of phenolic OH excluding ortho intramolecular Hbond substituents is 1. The first-order valence-electron chi connectivity index (χ1n) is 4.50. The van der Waals surface area contributed by atoms with E-state index in [4.69, 9.17) is 4.55 Å². The van der Waals surface area contributed by atoms with Gasteiger partial charge in [-0.2, -0.15) is 8.42 Å². The van der Waals surface area contributed by atoms with Gasteiger partial charge in [-0.05, 0) is 16.6 Å². The SMILES string of the molecule is O=Nc1cc2ccccc2c(O)c1S(=O)(=O)O. The second-order valence-corrected chi connectivity index (χ2v) is 4.72. The molecule has 0 bridgehead atoms. The summed E-state index contributed by atoms with van der Waals surface area (Å²) in [6.45, 7) is 0. The van der Waals surface area contributed by atoms with E-state index < -0.39 is 26.5 Å². The number of aromatic hydroxyl groups is 1. The van der Waals surface area contributed by atoms with Crippen LogP contribution in [-0.2, 0) is 10.1 Å². The number of rotatable bonds is 2. The van der Waals surface area contributed by atoms with Crippen LogP contribution < -0.4 is 0 Å². The van der Waals surface area contributed by atoms with Crippen molar-refractivity contribution in [2.75, 3.05) is 0 Å². The fourth-order valence-corrected chi connectivity index (χ4v) is 2.33. The van der Waals surface area contributed by atoms with E-state index in [1.807, 2.05) is 0 Å². The van der Waals surface area contributed by atoms with Gasteiger partial charge in [0.2, 0.25) is 0 Å². The third-order valence-corrected chi connectivity index (χ3v) is 3.23. The molecule has 17 heavy (non-hydrogen) atoms. The van der Waals surface area contributed by atoms with Gasteiger partial charge in [0, 0.05) is 5.39 Å². The zero-order chi connectivity index (χ0) is 12.6. The van der Waals surface area contributed by atoms with Gasteiger partial charge < -0.3 is 5.11 Å². The standard InChI is InChI=1S/C10H7NO5S/c12-9-7-4-2-1-3-6(7)5-8(11-13)10(9)17(14,15)16/h1-5,12H,(H,14,15,16). The number of hydrogen-bond acceptors (Lipinski definition) is 5. The fraction of sp³-hybridized carbons (Fsp3) is 0. The Morgan fingerprint density at radius 3 is 2.41 bits per heavy atom. The topological polar surface area (TPSA) is 104 Å². The summed E-state index contributed by atoms with van der Waals surface area (Å²) in [4.78, 5) is 9.66. The van der Waals surface area contributed by atoms with Crippen molar-refractivity contribution >= 4 is 26.6 Å². The molecule has 2 N–H and O–H groups in total. The zero-order valence-electron chi connectivity index (χ0n) is 8.36. The van der Waals surface area contributed by atoms with E-state index in [0.29, 0.717) is 5.39 Å².